The molecule has 102 valence electrons. The molecule has 2 rings (SSSR count). The molecule has 0 atom stereocenters. The number of carbonyl (C=O) groups is 2. The van der Waals surface area contributed by atoms with Crippen molar-refractivity contribution in [3.8, 4) is 0 Å². The molecule has 0 saturated carbocycles. The Morgan fingerprint density at radius 2 is 2.00 bits per heavy atom. The van der Waals surface area contributed by atoms with Gasteiger partial charge in [0.2, 0.25) is 5.91 Å². The van der Waals surface area contributed by atoms with E-state index in [9.17, 15) is 14.0 Å². The summed E-state index contributed by atoms with van der Waals surface area (Å²) in [5.74, 6) is -1.07. The molecule has 5 nitrogen and oxygen atoms in total. The van der Waals surface area contributed by atoms with E-state index in [4.69, 9.17) is 5.73 Å². The molecule has 1 aromatic carbocycles. The minimum absolute atomic E-state index is 0.0599. The third-order valence-electron chi connectivity index (χ3n) is 3.12. The topological polar surface area (TPSA) is 75.4 Å². The number of anilines is 1. The Kier molecular flexibility index (Phi) is 3.99. The molecular weight excluding hydrogens is 249 g/mol. The molecule has 0 aliphatic carbocycles. The lowest BCUT2D eigenvalue weighted by Gasteiger charge is -2.15. The van der Waals surface area contributed by atoms with Gasteiger partial charge in [-0.25, -0.2) is 4.39 Å². The summed E-state index contributed by atoms with van der Waals surface area (Å²) in [6.45, 7) is 1.43. The first-order valence-corrected chi connectivity index (χ1v) is 6.19. The number of rotatable bonds is 3. The summed E-state index contributed by atoms with van der Waals surface area (Å²) in [7, 11) is 0. The average Bonchev–Trinajstić information content (AvgIpc) is 2.89. The molecular formula is C13H16FN3O2. The molecule has 1 heterocycles. The molecule has 19 heavy (non-hydrogen) atoms. The van der Waals surface area contributed by atoms with Crippen molar-refractivity contribution in [2.45, 2.75) is 12.8 Å². The monoisotopic (exact) mass is 265 g/mol. The van der Waals surface area contributed by atoms with Gasteiger partial charge < -0.3 is 16.0 Å². The first kappa shape index (κ1) is 13.3. The molecule has 0 spiro atoms. The lowest BCUT2D eigenvalue weighted by Crippen LogP contribution is -2.38. The Morgan fingerprint density at radius 1 is 1.32 bits per heavy atom. The van der Waals surface area contributed by atoms with Crippen LogP contribution in [0.25, 0.3) is 0 Å². The molecule has 2 amide bonds. The fourth-order valence-corrected chi connectivity index (χ4v) is 2.07. The van der Waals surface area contributed by atoms with E-state index in [0.717, 1.165) is 38.1 Å². The van der Waals surface area contributed by atoms with Crippen LogP contribution in [0.3, 0.4) is 0 Å². The number of hydrogen-bond acceptors (Lipinski definition) is 3. The third-order valence-corrected chi connectivity index (χ3v) is 3.12. The van der Waals surface area contributed by atoms with Crippen LogP contribution in [0.15, 0.2) is 18.2 Å². The van der Waals surface area contributed by atoms with Gasteiger partial charge in [0, 0.05) is 18.8 Å². The third kappa shape index (κ3) is 3.21. The van der Waals surface area contributed by atoms with Crippen molar-refractivity contribution in [2.75, 3.05) is 25.4 Å². The summed E-state index contributed by atoms with van der Waals surface area (Å²) in [6, 6.07) is 3.55. The quantitative estimate of drug-likeness (QED) is 0.792. The van der Waals surface area contributed by atoms with E-state index in [1.165, 1.54) is 6.07 Å². The number of nitrogens with two attached hydrogens (primary N) is 1. The summed E-state index contributed by atoms with van der Waals surface area (Å²) in [4.78, 5) is 25.3. The number of nitrogen functional groups attached to an aromatic ring is 1. The number of hydrogen-bond donors (Lipinski definition) is 2. The Labute approximate surface area is 110 Å². The molecule has 0 aromatic heterocycles. The van der Waals surface area contributed by atoms with Crippen molar-refractivity contribution < 1.29 is 14.0 Å². The number of likely N-dealkylation sites (tertiary alicyclic amines) is 1. The Hall–Kier alpha value is -2.11. The second-order valence-corrected chi connectivity index (χ2v) is 4.50. The Balaban J connectivity index is 1.92. The molecule has 3 N–H and O–H groups in total. The normalized spacial score (nSPS) is 14.5. The summed E-state index contributed by atoms with van der Waals surface area (Å²) in [6.07, 6.45) is 2.01. The van der Waals surface area contributed by atoms with Crippen LogP contribution in [-0.2, 0) is 4.79 Å². The van der Waals surface area contributed by atoms with Gasteiger partial charge in [-0.3, -0.25) is 9.59 Å². The molecule has 1 fully saturated rings. The fraction of sp³-hybridized carbons (Fsp3) is 0.385. The highest BCUT2D eigenvalue weighted by atomic mass is 19.1. The molecule has 0 bridgehead atoms. The molecule has 1 aromatic rings. The summed E-state index contributed by atoms with van der Waals surface area (Å²) in [5, 5.41) is 2.50. The summed E-state index contributed by atoms with van der Waals surface area (Å²) < 4.78 is 12.9. The van der Waals surface area contributed by atoms with Crippen LogP contribution in [0.2, 0.25) is 0 Å². The zero-order valence-electron chi connectivity index (χ0n) is 10.5. The van der Waals surface area contributed by atoms with Gasteiger partial charge in [-0.2, -0.15) is 0 Å². The number of nitrogens with zero attached hydrogens (tertiary/aromatic N) is 1. The maximum absolute atomic E-state index is 12.9. The zero-order valence-corrected chi connectivity index (χ0v) is 10.5. The van der Waals surface area contributed by atoms with Gasteiger partial charge in [0.25, 0.3) is 5.91 Å². The predicted octanol–water partition coefficient (Wildman–Crippen LogP) is 0.760. The highest BCUT2D eigenvalue weighted by Crippen LogP contribution is 2.13. The lowest BCUT2D eigenvalue weighted by atomic mass is 10.1. The fourth-order valence-electron chi connectivity index (χ4n) is 2.07. The summed E-state index contributed by atoms with van der Waals surface area (Å²) >= 11 is 0. The van der Waals surface area contributed by atoms with Crippen molar-refractivity contribution in [1.29, 1.82) is 0 Å². The second kappa shape index (κ2) is 5.69. The SMILES string of the molecule is Nc1cc(F)ccc1C(=O)NCC(=O)N1CCCC1. The molecule has 0 unspecified atom stereocenters. The van der Waals surface area contributed by atoms with Crippen molar-refractivity contribution in [2.24, 2.45) is 0 Å². The van der Waals surface area contributed by atoms with Crippen LogP contribution in [-0.4, -0.2) is 36.3 Å². The van der Waals surface area contributed by atoms with Crippen molar-refractivity contribution >= 4 is 17.5 Å². The number of nitrogens with one attached hydrogen (secondary N) is 1. The largest absolute Gasteiger partial charge is 0.398 e. The minimum atomic E-state index is -0.498. The molecule has 1 aliphatic rings. The van der Waals surface area contributed by atoms with Gasteiger partial charge in [-0.15, -0.1) is 0 Å². The number of amides is 2. The van der Waals surface area contributed by atoms with Crippen molar-refractivity contribution in [1.82, 2.24) is 10.2 Å². The van der Waals surface area contributed by atoms with Gasteiger partial charge >= 0.3 is 0 Å². The van der Waals surface area contributed by atoms with E-state index in [-0.39, 0.29) is 23.7 Å². The lowest BCUT2D eigenvalue weighted by molar-refractivity contribution is -0.129. The zero-order chi connectivity index (χ0) is 13.8. The van der Waals surface area contributed by atoms with Crippen LogP contribution in [0.5, 0.6) is 0 Å². The highest BCUT2D eigenvalue weighted by molar-refractivity contribution is 6.00. The van der Waals surface area contributed by atoms with Crippen LogP contribution < -0.4 is 11.1 Å². The summed E-state index contributed by atoms with van der Waals surface area (Å²) in [5.41, 5.74) is 5.79. The van der Waals surface area contributed by atoms with Crippen LogP contribution >= 0.6 is 0 Å². The smallest absolute Gasteiger partial charge is 0.253 e. The van der Waals surface area contributed by atoms with Crippen molar-refractivity contribution in [3.63, 3.8) is 0 Å². The average molecular weight is 265 g/mol. The van der Waals surface area contributed by atoms with Crippen LogP contribution in [0.1, 0.15) is 23.2 Å². The number of carbonyl (C=O) groups excluding carboxylic acids is 2. The van der Waals surface area contributed by atoms with E-state index in [1.54, 1.807) is 4.90 Å². The maximum atomic E-state index is 12.9. The van der Waals surface area contributed by atoms with E-state index >= 15 is 0 Å². The number of benzene rings is 1. The molecule has 0 radical (unpaired) electrons. The Morgan fingerprint density at radius 3 is 2.63 bits per heavy atom. The van der Waals surface area contributed by atoms with Gasteiger partial charge in [-0.1, -0.05) is 0 Å². The van der Waals surface area contributed by atoms with Crippen LogP contribution in [0, 0.1) is 5.82 Å². The van der Waals surface area contributed by atoms with Gasteiger partial charge in [0.15, 0.2) is 0 Å². The van der Waals surface area contributed by atoms with E-state index in [1.807, 2.05) is 0 Å². The highest BCUT2D eigenvalue weighted by Gasteiger charge is 2.19. The second-order valence-electron chi connectivity index (χ2n) is 4.50. The number of halogens is 1. The van der Waals surface area contributed by atoms with Gasteiger partial charge in [0.05, 0.1) is 12.1 Å². The first-order chi connectivity index (χ1) is 9.08. The molecule has 6 heteroatoms. The van der Waals surface area contributed by atoms with Crippen LogP contribution in [0.4, 0.5) is 10.1 Å². The molecule has 1 saturated heterocycles. The van der Waals surface area contributed by atoms with E-state index in [2.05, 4.69) is 5.32 Å². The van der Waals surface area contributed by atoms with Gasteiger partial charge in [-0.05, 0) is 31.0 Å². The maximum Gasteiger partial charge on any atom is 0.253 e. The van der Waals surface area contributed by atoms with Crippen molar-refractivity contribution in [3.05, 3.63) is 29.6 Å². The Bertz CT molecular complexity index is 499. The van der Waals surface area contributed by atoms with E-state index in [0.29, 0.717) is 0 Å². The predicted molar refractivity (Wildman–Crippen MR) is 69.0 cm³/mol. The standard InChI is InChI=1S/C13H16FN3O2/c14-9-3-4-10(11(15)7-9)13(19)16-8-12(18)17-5-1-2-6-17/h3-4,7H,1-2,5-6,8,15H2,(H,16,19). The first-order valence-electron chi connectivity index (χ1n) is 6.19. The molecule has 1 aliphatic heterocycles. The minimum Gasteiger partial charge on any atom is -0.398 e. The van der Waals surface area contributed by atoms with E-state index < -0.39 is 11.7 Å². The van der Waals surface area contributed by atoms with Gasteiger partial charge in [0.1, 0.15) is 5.82 Å².